The molecule has 2 aromatic carbocycles. The van der Waals surface area contributed by atoms with Gasteiger partial charge in [-0.3, -0.25) is 4.90 Å². The van der Waals surface area contributed by atoms with Crippen LogP contribution in [0.2, 0.25) is 0 Å². The number of hydrogen-bond donors (Lipinski definition) is 1. The summed E-state index contributed by atoms with van der Waals surface area (Å²) in [7, 11) is 0. The maximum atomic E-state index is 12.4. The highest BCUT2D eigenvalue weighted by atomic mass is 16.5. The lowest BCUT2D eigenvalue weighted by molar-refractivity contribution is -0.137. The fraction of sp³-hybridized carbons (Fsp3) is 0.167. The third-order valence-electron chi connectivity index (χ3n) is 6.36. The van der Waals surface area contributed by atoms with Gasteiger partial charge in [0.1, 0.15) is 5.82 Å². The molecule has 7 nitrogen and oxygen atoms in total. The first-order chi connectivity index (χ1) is 18.0. The lowest BCUT2D eigenvalue weighted by Gasteiger charge is -2.25. The number of carboxylic acid groups (broad SMARTS) is 1. The predicted molar refractivity (Wildman–Crippen MR) is 145 cm³/mol. The van der Waals surface area contributed by atoms with E-state index in [1.807, 2.05) is 89.6 Å². The second kappa shape index (κ2) is 10.5. The number of fused-ring (bicyclic) bond motifs is 2. The van der Waals surface area contributed by atoms with Crippen molar-refractivity contribution in [3.63, 3.8) is 0 Å². The number of pyridine rings is 1. The van der Waals surface area contributed by atoms with Crippen molar-refractivity contribution in [1.29, 1.82) is 0 Å². The van der Waals surface area contributed by atoms with Gasteiger partial charge < -0.3 is 14.4 Å². The second-order valence-electron chi connectivity index (χ2n) is 8.70. The number of aryl methyl sites for hydroxylation is 1. The molecule has 1 aliphatic heterocycles. The van der Waals surface area contributed by atoms with Crippen molar-refractivity contribution in [2.24, 2.45) is 0 Å². The van der Waals surface area contributed by atoms with E-state index < -0.39 is 12.1 Å². The fourth-order valence-electron chi connectivity index (χ4n) is 4.65. The number of anilines is 1. The molecular formula is C30H27N3O4. The number of esters is 1. The number of hydrogen-bond acceptors (Lipinski definition) is 4. The minimum absolute atomic E-state index is 0.305. The molecule has 0 saturated heterocycles. The van der Waals surface area contributed by atoms with E-state index in [2.05, 4.69) is 4.98 Å². The van der Waals surface area contributed by atoms with Crippen LogP contribution in [0.25, 0.3) is 28.8 Å². The molecule has 0 saturated carbocycles. The second-order valence-corrected chi connectivity index (χ2v) is 8.70. The maximum Gasteiger partial charge on any atom is 0.413 e. The third-order valence-corrected chi connectivity index (χ3v) is 6.36. The van der Waals surface area contributed by atoms with Gasteiger partial charge in [-0.1, -0.05) is 54.6 Å². The van der Waals surface area contributed by atoms with Crippen molar-refractivity contribution < 1.29 is 19.4 Å². The summed E-state index contributed by atoms with van der Waals surface area (Å²) in [5, 5.41) is 10.6. The molecule has 5 rings (SSSR count). The van der Waals surface area contributed by atoms with Gasteiger partial charge in [-0.2, -0.15) is 0 Å². The maximum absolute atomic E-state index is 12.4. The van der Waals surface area contributed by atoms with E-state index in [4.69, 9.17) is 4.74 Å². The number of ether oxygens (including phenoxy) is 1. The van der Waals surface area contributed by atoms with Crippen molar-refractivity contribution in [3.05, 3.63) is 101 Å². The Bertz CT molecular complexity index is 1520. The van der Waals surface area contributed by atoms with E-state index >= 15 is 0 Å². The number of rotatable bonds is 6. The topological polar surface area (TPSA) is 84.7 Å². The Kier molecular flexibility index (Phi) is 6.85. The Hall–Kier alpha value is -4.65. The minimum atomic E-state index is -0.981. The van der Waals surface area contributed by atoms with Crippen molar-refractivity contribution in [3.8, 4) is 0 Å². The number of nitrogens with zero attached hydrogens (tertiary/aromatic N) is 3. The van der Waals surface area contributed by atoms with Gasteiger partial charge in [0.15, 0.2) is 0 Å². The molecule has 0 atom stereocenters. The van der Waals surface area contributed by atoms with Crippen LogP contribution in [0.4, 0.5) is 10.6 Å². The van der Waals surface area contributed by atoms with Gasteiger partial charge in [0, 0.05) is 24.2 Å². The highest BCUT2D eigenvalue weighted by Gasteiger charge is 2.23. The molecule has 0 radical (unpaired) electrons. The van der Waals surface area contributed by atoms with E-state index in [1.165, 1.54) is 11.0 Å². The number of amides is 1. The average molecular weight is 494 g/mol. The summed E-state index contributed by atoms with van der Waals surface area (Å²) in [5.74, 6) is 0.120. The summed E-state index contributed by atoms with van der Waals surface area (Å²) in [4.78, 5) is 30.0. The monoisotopic (exact) mass is 493 g/mol. The van der Waals surface area contributed by atoms with Crippen LogP contribution in [0.3, 0.4) is 0 Å². The van der Waals surface area contributed by atoms with Crippen molar-refractivity contribution in [1.82, 2.24) is 9.55 Å². The highest BCUT2D eigenvalue weighted by Crippen LogP contribution is 2.29. The van der Waals surface area contributed by atoms with Gasteiger partial charge in [0.25, 0.3) is 0 Å². The van der Waals surface area contributed by atoms with Crippen LogP contribution in [0.1, 0.15) is 35.7 Å². The molecule has 0 fully saturated rings. The molecule has 0 bridgehead atoms. The smallest absolute Gasteiger partial charge is 0.413 e. The molecule has 2 aromatic heterocycles. The Morgan fingerprint density at radius 3 is 2.65 bits per heavy atom. The Morgan fingerprint density at radius 1 is 1.03 bits per heavy atom. The average Bonchev–Trinajstić information content (AvgIpc) is 3.35. The lowest BCUT2D eigenvalue weighted by Crippen LogP contribution is -2.35. The zero-order chi connectivity index (χ0) is 25.8. The van der Waals surface area contributed by atoms with Gasteiger partial charge in [-0.15, -0.1) is 0 Å². The summed E-state index contributed by atoms with van der Waals surface area (Å²) >= 11 is 0. The first kappa shape index (κ1) is 24.1. The molecular weight excluding hydrogens is 466 g/mol. The van der Waals surface area contributed by atoms with E-state index in [1.54, 1.807) is 6.92 Å². The molecule has 0 spiro atoms. The molecule has 0 unspecified atom stereocenters. The predicted octanol–water partition coefficient (Wildman–Crippen LogP) is 6.09. The zero-order valence-electron chi connectivity index (χ0n) is 20.5. The molecule has 37 heavy (non-hydrogen) atoms. The molecule has 7 heteroatoms. The number of aromatic nitrogens is 2. The number of benzene rings is 2. The van der Waals surface area contributed by atoms with Gasteiger partial charge in [-0.05, 0) is 60.7 Å². The first-order valence-corrected chi connectivity index (χ1v) is 12.3. The van der Waals surface area contributed by atoms with E-state index in [9.17, 15) is 14.7 Å². The molecule has 4 aromatic rings. The van der Waals surface area contributed by atoms with Crippen molar-refractivity contribution >= 4 is 46.6 Å². The Labute approximate surface area is 214 Å². The standard InChI is InChI=1S/C30H27N3O4/c1-2-37-28(34)20-27(22-8-4-3-5-9-22)32-19-17-25-21(10-6-12-26(25)32)13-15-24-16-14-23-11-7-18-33(30(35)36)29(23)31-24/h3-6,8-10,12-17,19-20H,2,7,11,18H2,1H3,(H,35,36). The largest absolute Gasteiger partial charge is 0.465 e. The fourth-order valence-corrected chi connectivity index (χ4v) is 4.65. The summed E-state index contributed by atoms with van der Waals surface area (Å²) in [6, 6.07) is 21.6. The molecule has 186 valence electrons. The van der Waals surface area contributed by atoms with E-state index in [-0.39, 0.29) is 0 Å². The van der Waals surface area contributed by atoms with Crippen molar-refractivity contribution in [2.75, 3.05) is 18.1 Å². The van der Waals surface area contributed by atoms with Gasteiger partial charge >= 0.3 is 12.1 Å². The number of carbonyl (C=O) groups excluding carboxylic acids is 1. The third kappa shape index (κ3) is 5.02. The van der Waals surface area contributed by atoms with Crippen LogP contribution in [-0.4, -0.2) is 39.9 Å². The van der Waals surface area contributed by atoms with Crippen LogP contribution in [0, 0.1) is 0 Å². The summed E-state index contributed by atoms with van der Waals surface area (Å²) < 4.78 is 7.18. The van der Waals surface area contributed by atoms with Crippen LogP contribution < -0.4 is 4.90 Å². The van der Waals surface area contributed by atoms with E-state index in [0.717, 1.165) is 46.1 Å². The molecule has 0 aliphatic carbocycles. The lowest BCUT2D eigenvalue weighted by atomic mass is 10.0. The molecule has 1 aliphatic rings. The normalized spacial score (nSPS) is 13.6. The van der Waals surface area contributed by atoms with Gasteiger partial charge in [-0.25, -0.2) is 14.6 Å². The molecule has 1 N–H and O–H groups in total. The SMILES string of the molecule is CCOC(=O)C=C(c1ccccc1)n1ccc2c(C=Cc3ccc4c(n3)N(C(=O)O)CCC4)cccc21. The quantitative estimate of drug-likeness (QED) is 0.260. The summed E-state index contributed by atoms with van der Waals surface area (Å²) in [5.41, 5.74) is 5.18. The van der Waals surface area contributed by atoms with Gasteiger partial charge in [0.2, 0.25) is 0 Å². The van der Waals surface area contributed by atoms with Gasteiger partial charge in [0.05, 0.1) is 23.5 Å². The summed E-state index contributed by atoms with van der Waals surface area (Å²) in [6.07, 6.45) is 7.98. The number of carbonyl (C=O) groups is 2. The first-order valence-electron chi connectivity index (χ1n) is 12.3. The Balaban J connectivity index is 1.52. The van der Waals surface area contributed by atoms with Crippen molar-refractivity contribution in [2.45, 2.75) is 19.8 Å². The van der Waals surface area contributed by atoms with E-state index in [0.29, 0.717) is 24.7 Å². The van der Waals surface area contributed by atoms with Crippen LogP contribution in [-0.2, 0) is 16.0 Å². The van der Waals surface area contributed by atoms with Crippen LogP contribution in [0.5, 0.6) is 0 Å². The highest BCUT2D eigenvalue weighted by molar-refractivity contribution is 5.97. The minimum Gasteiger partial charge on any atom is -0.465 e. The molecule has 1 amide bonds. The zero-order valence-corrected chi connectivity index (χ0v) is 20.5. The van der Waals surface area contributed by atoms with Crippen LogP contribution in [0.15, 0.2) is 79.0 Å². The van der Waals surface area contributed by atoms with Crippen LogP contribution >= 0.6 is 0 Å². The molecule has 3 heterocycles. The Morgan fingerprint density at radius 2 is 1.86 bits per heavy atom. The summed E-state index contributed by atoms with van der Waals surface area (Å²) in [6.45, 7) is 2.55.